The Balaban J connectivity index is -0.000000440. The lowest BCUT2D eigenvalue weighted by atomic mass is 9.96. The van der Waals surface area contributed by atoms with Crippen molar-refractivity contribution in [3.05, 3.63) is 0 Å². The molecule has 17 heavy (non-hydrogen) atoms. The molecule has 9 nitrogen and oxygen atoms in total. The van der Waals surface area contributed by atoms with E-state index < -0.39 is 47.9 Å². The van der Waals surface area contributed by atoms with Crippen LogP contribution in [0.3, 0.4) is 0 Å². The quantitative estimate of drug-likeness (QED) is 0.471. The van der Waals surface area contributed by atoms with Gasteiger partial charge >= 0.3 is 29.5 Å². The van der Waals surface area contributed by atoms with Crippen LogP contribution in [0.5, 0.6) is 0 Å². The van der Waals surface area contributed by atoms with Gasteiger partial charge in [0.1, 0.15) is 0 Å². The number of rotatable bonds is 5. The van der Waals surface area contributed by atoms with E-state index in [-0.39, 0.29) is 12.4 Å². The first-order valence-corrected chi connectivity index (χ1v) is 4.17. The first kappa shape index (κ1) is 20.8. The smallest absolute Gasteiger partial charge is 0.336 e. The molecule has 0 bridgehead atoms. The third-order valence-electron chi connectivity index (χ3n) is 1.29. The number of aliphatic carboxylic acids is 3. The van der Waals surface area contributed by atoms with Crippen molar-refractivity contribution in [2.75, 3.05) is 0 Å². The minimum atomic E-state index is -2.74. The lowest BCUT2D eigenvalue weighted by Gasteiger charge is -2.18. The lowest BCUT2D eigenvalue weighted by molar-refractivity contribution is -0.170. The number of aliphatic hydroxyl groups is 1. The molecule has 0 aliphatic carbocycles. The molecule has 0 heterocycles. The lowest BCUT2D eigenvalue weighted by Crippen LogP contribution is -2.42. The van der Waals surface area contributed by atoms with Crippen molar-refractivity contribution in [2.45, 2.75) is 18.4 Å². The van der Waals surface area contributed by atoms with E-state index in [9.17, 15) is 14.4 Å². The van der Waals surface area contributed by atoms with E-state index in [0.29, 0.717) is 0 Å². The predicted octanol–water partition coefficient (Wildman–Crippen LogP) is -1.50. The summed E-state index contributed by atoms with van der Waals surface area (Å²) in [5, 5.41) is 33.8. The topological polar surface area (TPSA) is 166 Å². The second kappa shape index (κ2) is 9.69. The molecular formula is C6H9ClO9S. The Labute approximate surface area is 104 Å². The fourth-order valence-electron chi connectivity index (χ4n) is 0.714. The minimum absolute atomic E-state index is 0. The van der Waals surface area contributed by atoms with Gasteiger partial charge in [-0.2, -0.15) is 8.42 Å². The van der Waals surface area contributed by atoms with E-state index in [1.165, 1.54) is 0 Å². The first-order valence-electron chi connectivity index (χ1n) is 3.50. The Hall–Kier alpha value is -1.52. The maximum atomic E-state index is 10.3. The van der Waals surface area contributed by atoms with Gasteiger partial charge in [-0.15, -0.1) is 12.4 Å². The van der Waals surface area contributed by atoms with Gasteiger partial charge in [0, 0.05) is 0 Å². The van der Waals surface area contributed by atoms with Gasteiger partial charge in [-0.3, -0.25) is 9.59 Å². The summed E-state index contributed by atoms with van der Waals surface area (Å²) in [4.78, 5) is 30.5. The number of hydrogen-bond donors (Lipinski definition) is 4. The summed E-state index contributed by atoms with van der Waals surface area (Å²) in [6.07, 6.45) is -2.29. The van der Waals surface area contributed by atoms with Crippen LogP contribution in [-0.2, 0) is 26.0 Å². The second-order valence-electron chi connectivity index (χ2n) is 2.55. The van der Waals surface area contributed by atoms with Gasteiger partial charge in [0.15, 0.2) is 5.60 Å². The van der Waals surface area contributed by atoms with Gasteiger partial charge in [-0.25, -0.2) is 4.79 Å². The average Bonchev–Trinajstić information content (AvgIpc) is 2.01. The maximum Gasteiger partial charge on any atom is 0.336 e. The highest BCUT2D eigenvalue weighted by atomic mass is 35.5. The molecule has 0 spiro atoms. The molecule has 0 atom stereocenters. The van der Waals surface area contributed by atoms with Gasteiger partial charge in [-0.05, 0) is 0 Å². The summed E-state index contributed by atoms with van der Waals surface area (Å²) in [5.41, 5.74) is -2.74. The molecule has 0 amide bonds. The van der Waals surface area contributed by atoms with E-state index in [1.807, 2.05) is 0 Å². The second-order valence-corrected chi connectivity index (χ2v) is 2.68. The number of carboxylic acid groups (broad SMARTS) is 3. The van der Waals surface area contributed by atoms with Crippen LogP contribution in [0.2, 0.25) is 0 Å². The summed E-state index contributed by atoms with van der Waals surface area (Å²) in [5.74, 6) is -5.02. The van der Waals surface area contributed by atoms with Crippen molar-refractivity contribution in [1.82, 2.24) is 0 Å². The molecule has 0 aromatic carbocycles. The van der Waals surface area contributed by atoms with Crippen LogP contribution in [-0.4, -0.2) is 52.4 Å². The van der Waals surface area contributed by atoms with Crippen molar-refractivity contribution in [2.24, 2.45) is 0 Å². The standard InChI is InChI=1S/C6H8O7.ClH.O2S/c7-3(8)1-6(13,5(11)12)2-4(9)10;;1-3-2/h13H,1-2H2,(H,7,8)(H,9,10)(H,11,12);1H;. The number of carbonyl (C=O) groups is 3. The Kier molecular flexibility index (Phi) is 11.9. The van der Waals surface area contributed by atoms with Gasteiger partial charge in [0.2, 0.25) is 0 Å². The van der Waals surface area contributed by atoms with E-state index in [2.05, 4.69) is 0 Å². The highest BCUT2D eigenvalue weighted by Crippen LogP contribution is 2.15. The molecule has 0 saturated heterocycles. The molecule has 0 rings (SSSR count). The monoisotopic (exact) mass is 292 g/mol. The van der Waals surface area contributed by atoms with E-state index >= 15 is 0 Å². The third-order valence-corrected chi connectivity index (χ3v) is 1.29. The van der Waals surface area contributed by atoms with E-state index in [1.54, 1.807) is 0 Å². The molecule has 0 aromatic heterocycles. The number of carboxylic acids is 3. The number of hydrogen-bond acceptors (Lipinski definition) is 6. The third kappa shape index (κ3) is 10.8. The SMILES string of the molecule is Cl.O=C(O)CC(O)(CC(=O)O)C(=O)O.O=S=O. The first-order chi connectivity index (χ1) is 7.19. The molecule has 11 heteroatoms. The molecule has 0 radical (unpaired) electrons. The highest BCUT2D eigenvalue weighted by Gasteiger charge is 2.40. The zero-order valence-electron chi connectivity index (χ0n) is 8.06. The summed E-state index contributed by atoms with van der Waals surface area (Å²) in [6, 6.07) is 0. The molecule has 0 fully saturated rings. The molecule has 4 N–H and O–H groups in total. The Bertz CT molecular complexity index is 305. The van der Waals surface area contributed by atoms with E-state index in [0.717, 1.165) is 0 Å². The predicted molar refractivity (Wildman–Crippen MR) is 53.3 cm³/mol. The normalized spacial score (nSPS) is 9.00. The van der Waals surface area contributed by atoms with Crippen LogP contribution < -0.4 is 0 Å². The molecular weight excluding hydrogens is 284 g/mol. The van der Waals surface area contributed by atoms with Gasteiger partial charge in [0.25, 0.3) is 0 Å². The summed E-state index contributed by atoms with van der Waals surface area (Å²) < 4.78 is 16.6. The largest absolute Gasteiger partial charge is 0.481 e. The fourth-order valence-corrected chi connectivity index (χ4v) is 0.714. The maximum absolute atomic E-state index is 10.3. The summed E-state index contributed by atoms with van der Waals surface area (Å²) >= 11 is -0.750. The van der Waals surface area contributed by atoms with Crippen LogP contribution in [0.4, 0.5) is 0 Å². The van der Waals surface area contributed by atoms with Gasteiger partial charge < -0.3 is 20.4 Å². The highest BCUT2D eigenvalue weighted by molar-refractivity contribution is 7.51. The molecule has 100 valence electrons. The molecule has 0 unspecified atom stereocenters. The Morgan fingerprint density at radius 2 is 1.18 bits per heavy atom. The zero-order chi connectivity index (χ0) is 13.4. The van der Waals surface area contributed by atoms with Gasteiger partial charge in [-0.1, -0.05) is 0 Å². The van der Waals surface area contributed by atoms with Gasteiger partial charge in [0.05, 0.1) is 12.8 Å². The van der Waals surface area contributed by atoms with Crippen molar-refractivity contribution >= 4 is 41.9 Å². The van der Waals surface area contributed by atoms with E-state index in [4.69, 9.17) is 28.8 Å². The molecule has 0 saturated carbocycles. The molecule has 0 aliphatic rings. The molecule has 0 aliphatic heterocycles. The minimum Gasteiger partial charge on any atom is -0.481 e. The van der Waals surface area contributed by atoms with Crippen LogP contribution in [0, 0.1) is 0 Å². The summed E-state index contributed by atoms with van der Waals surface area (Å²) in [7, 11) is 0. The Morgan fingerprint density at radius 3 is 1.29 bits per heavy atom. The Morgan fingerprint density at radius 1 is 0.941 bits per heavy atom. The van der Waals surface area contributed by atoms with Crippen molar-refractivity contribution in [3.63, 3.8) is 0 Å². The van der Waals surface area contributed by atoms with Crippen molar-refractivity contribution in [3.8, 4) is 0 Å². The fraction of sp³-hybridized carbons (Fsp3) is 0.500. The average molecular weight is 293 g/mol. The van der Waals surface area contributed by atoms with Crippen LogP contribution in [0.15, 0.2) is 0 Å². The van der Waals surface area contributed by atoms with Crippen LogP contribution in [0.25, 0.3) is 0 Å². The van der Waals surface area contributed by atoms with Crippen molar-refractivity contribution in [1.29, 1.82) is 0 Å². The van der Waals surface area contributed by atoms with Crippen molar-refractivity contribution < 1.29 is 43.2 Å². The zero-order valence-corrected chi connectivity index (χ0v) is 9.69. The molecule has 0 aromatic rings. The van der Waals surface area contributed by atoms with Crippen LogP contribution >= 0.6 is 12.4 Å². The number of halogens is 1. The summed E-state index contributed by atoms with van der Waals surface area (Å²) in [6.45, 7) is 0. The van der Waals surface area contributed by atoms with Crippen LogP contribution in [0.1, 0.15) is 12.8 Å².